The summed E-state index contributed by atoms with van der Waals surface area (Å²) in [5.41, 5.74) is 1.83. The van der Waals surface area contributed by atoms with Crippen molar-refractivity contribution in [3.8, 4) is 0 Å². The van der Waals surface area contributed by atoms with Crippen LogP contribution in [0.4, 0.5) is 4.39 Å². The van der Waals surface area contributed by atoms with Gasteiger partial charge >= 0.3 is 5.97 Å². The molecule has 0 aliphatic carbocycles. The van der Waals surface area contributed by atoms with Crippen LogP contribution >= 0.6 is 0 Å². The van der Waals surface area contributed by atoms with E-state index in [1.54, 1.807) is 37.0 Å². The first kappa shape index (κ1) is 17.9. The second-order valence-electron chi connectivity index (χ2n) is 6.10. The third-order valence-corrected chi connectivity index (χ3v) is 3.72. The van der Waals surface area contributed by atoms with E-state index >= 15 is 0 Å². The lowest BCUT2D eigenvalue weighted by Crippen LogP contribution is -2.28. The van der Waals surface area contributed by atoms with Crippen molar-refractivity contribution in [2.24, 2.45) is 5.92 Å². The van der Waals surface area contributed by atoms with E-state index in [0.717, 1.165) is 0 Å². The van der Waals surface area contributed by atoms with E-state index in [2.05, 4.69) is 0 Å². The van der Waals surface area contributed by atoms with Gasteiger partial charge in [0, 0.05) is 12.2 Å². The van der Waals surface area contributed by atoms with Crippen LogP contribution in [-0.4, -0.2) is 29.9 Å². The molecule has 1 heterocycles. The summed E-state index contributed by atoms with van der Waals surface area (Å²) >= 11 is 0. The molecular formula is C19H22FNO3. The average Bonchev–Trinajstić information content (AvgIpc) is 2.74. The molecule has 0 saturated heterocycles. The van der Waals surface area contributed by atoms with Crippen molar-refractivity contribution in [3.05, 3.63) is 52.5 Å². The molecule has 0 N–H and O–H groups in total. The predicted octanol–water partition coefficient (Wildman–Crippen LogP) is 3.54. The van der Waals surface area contributed by atoms with Crippen molar-refractivity contribution in [1.29, 1.82) is 0 Å². The zero-order valence-corrected chi connectivity index (χ0v) is 14.4. The summed E-state index contributed by atoms with van der Waals surface area (Å²) in [6.07, 6.45) is 1.61. The highest BCUT2D eigenvalue weighted by atomic mass is 19.1. The van der Waals surface area contributed by atoms with E-state index in [4.69, 9.17) is 4.74 Å². The number of carbonyl (C=O) groups excluding carboxylic acids is 2. The molecule has 0 radical (unpaired) electrons. The molecule has 128 valence electrons. The molecule has 2 rings (SSSR count). The number of halogens is 1. The standard InChI is InChI=1S/C19H22FNO3/c1-5-24-19(23)17-13(4)21(11-12(2)3)18(22)16(17)10-14-6-8-15(20)9-7-14/h6-10,12H,5,11H2,1-4H3/b16-10-. The molecule has 0 aromatic heterocycles. The van der Waals surface area contributed by atoms with Crippen LogP contribution in [-0.2, 0) is 14.3 Å². The summed E-state index contributed by atoms with van der Waals surface area (Å²) in [6.45, 7) is 8.24. The highest BCUT2D eigenvalue weighted by molar-refractivity contribution is 6.16. The van der Waals surface area contributed by atoms with Gasteiger partial charge in [-0.1, -0.05) is 26.0 Å². The van der Waals surface area contributed by atoms with Crippen molar-refractivity contribution < 1.29 is 18.7 Å². The maximum absolute atomic E-state index is 13.1. The molecule has 0 spiro atoms. The molecule has 1 aliphatic heterocycles. The Labute approximate surface area is 141 Å². The predicted molar refractivity (Wildman–Crippen MR) is 90.3 cm³/mol. The van der Waals surface area contributed by atoms with E-state index in [0.29, 0.717) is 23.4 Å². The van der Waals surface area contributed by atoms with Gasteiger partial charge in [0.15, 0.2) is 0 Å². The van der Waals surface area contributed by atoms with Gasteiger partial charge in [0.2, 0.25) is 0 Å². The van der Waals surface area contributed by atoms with Crippen molar-refractivity contribution in [2.75, 3.05) is 13.2 Å². The van der Waals surface area contributed by atoms with Gasteiger partial charge in [-0.05, 0) is 43.5 Å². The Bertz CT molecular complexity index is 702. The van der Waals surface area contributed by atoms with E-state index in [1.165, 1.54) is 12.1 Å². The number of benzene rings is 1. The Morgan fingerprint density at radius 3 is 2.46 bits per heavy atom. The van der Waals surface area contributed by atoms with Crippen LogP contribution < -0.4 is 0 Å². The summed E-state index contributed by atoms with van der Waals surface area (Å²) in [6, 6.07) is 5.77. The van der Waals surface area contributed by atoms with E-state index in [1.807, 2.05) is 13.8 Å². The third-order valence-electron chi connectivity index (χ3n) is 3.72. The Balaban J connectivity index is 2.48. The molecule has 0 atom stereocenters. The van der Waals surface area contributed by atoms with Gasteiger partial charge in [-0.15, -0.1) is 0 Å². The SMILES string of the molecule is CCOC(=O)C1=C(C)N(CC(C)C)C(=O)/C1=C\c1ccc(F)cc1. The average molecular weight is 331 g/mol. The molecule has 1 aromatic carbocycles. The minimum Gasteiger partial charge on any atom is -0.462 e. The largest absolute Gasteiger partial charge is 0.462 e. The fraction of sp³-hybridized carbons (Fsp3) is 0.368. The van der Waals surface area contributed by atoms with Crippen LogP contribution in [0.15, 0.2) is 41.1 Å². The monoisotopic (exact) mass is 331 g/mol. The topological polar surface area (TPSA) is 46.6 Å². The summed E-state index contributed by atoms with van der Waals surface area (Å²) in [5, 5.41) is 0. The van der Waals surface area contributed by atoms with Crippen LogP contribution in [0.2, 0.25) is 0 Å². The molecule has 1 aliphatic rings. The lowest BCUT2D eigenvalue weighted by atomic mass is 10.0. The fourth-order valence-corrected chi connectivity index (χ4v) is 2.64. The molecule has 5 heteroatoms. The van der Waals surface area contributed by atoms with Crippen LogP contribution in [0.25, 0.3) is 6.08 Å². The first-order valence-corrected chi connectivity index (χ1v) is 8.02. The number of esters is 1. The first-order chi connectivity index (χ1) is 11.3. The number of nitrogens with zero attached hydrogens (tertiary/aromatic N) is 1. The second kappa shape index (κ2) is 7.43. The summed E-state index contributed by atoms with van der Waals surface area (Å²) < 4.78 is 18.2. The van der Waals surface area contributed by atoms with Gasteiger partial charge in [0.25, 0.3) is 5.91 Å². The number of carbonyl (C=O) groups is 2. The number of hydrogen-bond donors (Lipinski definition) is 0. The Morgan fingerprint density at radius 1 is 1.29 bits per heavy atom. The molecule has 1 amide bonds. The summed E-state index contributed by atoms with van der Waals surface area (Å²) in [5.74, 6) is -0.831. The quantitative estimate of drug-likeness (QED) is 0.612. The van der Waals surface area contributed by atoms with Crippen molar-refractivity contribution in [3.63, 3.8) is 0 Å². The maximum Gasteiger partial charge on any atom is 0.340 e. The van der Waals surface area contributed by atoms with Gasteiger partial charge in [-0.25, -0.2) is 9.18 Å². The minimum absolute atomic E-state index is 0.228. The lowest BCUT2D eigenvalue weighted by Gasteiger charge is -2.19. The number of rotatable bonds is 5. The Kier molecular flexibility index (Phi) is 5.54. The lowest BCUT2D eigenvalue weighted by molar-refractivity contribution is -0.138. The summed E-state index contributed by atoms with van der Waals surface area (Å²) in [4.78, 5) is 26.7. The molecular weight excluding hydrogens is 309 g/mol. The van der Waals surface area contributed by atoms with Gasteiger partial charge in [0.1, 0.15) is 5.82 Å². The zero-order chi connectivity index (χ0) is 17.9. The van der Waals surface area contributed by atoms with Crippen LogP contribution in [0.1, 0.15) is 33.3 Å². The molecule has 0 saturated carbocycles. The zero-order valence-electron chi connectivity index (χ0n) is 14.4. The first-order valence-electron chi connectivity index (χ1n) is 8.02. The van der Waals surface area contributed by atoms with E-state index < -0.39 is 5.97 Å². The number of hydrogen-bond acceptors (Lipinski definition) is 3. The fourth-order valence-electron chi connectivity index (χ4n) is 2.64. The maximum atomic E-state index is 13.1. The minimum atomic E-state index is -0.511. The number of allylic oxidation sites excluding steroid dienone is 1. The highest BCUT2D eigenvalue weighted by Gasteiger charge is 2.37. The van der Waals surface area contributed by atoms with Gasteiger partial charge in [0.05, 0.1) is 17.8 Å². The summed E-state index contributed by atoms with van der Waals surface area (Å²) in [7, 11) is 0. The van der Waals surface area contributed by atoms with Crippen molar-refractivity contribution >= 4 is 18.0 Å². The Morgan fingerprint density at radius 2 is 1.92 bits per heavy atom. The molecule has 1 aromatic rings. The second-order valence-corrected chi connectivity index (χ2v) is 6.10. The van der Waals surface area contributed by atoms with Crippen molar-refractivity contribution in [1.82, 2.24) is 4.90 Å². The molecule has 0 bridgehead atoms. The number of ether oxygens (including phenoxy) is 1. The molecule has 0 unspecified atom stereocenters. The van der Waals surface area contributed by atoms with Gasteiger partial charge in [-0.3, -0.25) is 4.79 Å². The Hall–Kier alpha value is -2.43. The van der Waals surface area contributed by atoms with Crippen LogP contribution in [0.3, 0.4) is 0 Å². The highest BCUT2D eigenvalue weighted by Crippen LogP contribution is 2.32. The van der Waals surface area contributed by atoms with Crippen LogP contribution in [0.5, 0.6) is 0 Å². The van der Waals surface area contributed by atoms with Crippen molar-refractivity contribution in [2.45, 2.75) is 27.7 Å². The third kappa shape index (κ3) is 3.72. The molecule has 4 nitrogen and oxygen atoms in total. The van der Waals surface area contributed by atoms with E-state index in [9.17, 15) is 14.0 Å². The molecule has 24 heavy (non-hydrogen) atoms. The smallest absolute Gasteiger partial charge is 0.340 e. The molecule has 0 fully saturated rings. The van der Waals surface area contributed by atoms with Crippen LogP contribution in [0, 0.1) is 11.7 Å². The van der Waals surface area contributed by atoms with Gasteiger partial charge in [-0.2, -0.15) is 0 Å². The van der Waals surface area contributed by atoms with E-state index in [-0.39, 0.29) is 29.8 Å². The normalized spacial score (nSPS) is 16.5. The van der Waals surface area contributed by atoms with Gasteiger partial charge < -0.3 is 9.64 Å². The number of amides is 1.